The largest absolute Gasteiger partial charge is 0.507 e. The summed E-state index contributed by atoms with van der Waals surface area (Å²) in [5.41, 5.74) is 1.87. The lowest BCUT2D eigenvalue weighted by atomic mass is 9.94. The number of nitrogens with zero attached hydrogens (tertiary/aromatic N) is 2. The van der Waals surface area contributed by atoms with Crippen molar-refractivity contribution in [3.63, 3.8) is 0 Å². The number of anilines is 1. The van der Waals surface area contributed by atoms with Crippen molar-refractivity contribution in [3.8, 4) is 0 Å². The van der Waals surface area contributed by atoms with Gasteiger partial charge in [0.05, 0.1) is 11.6 Å². The first-order chi connectivity index (χ1) is 14.4. The molecular weight excluding hydrogens is 387 g/mol. The number of rotatable bonds is 4. The molecule has 3 aromatic rings. The van der Waals surface area contributed by atoms with Gasteiger partial charge in [-0.05, 0) is 48.7 Å². The molecule has 1 fully saturated rings. The van der Waals surface area contributed by atoms with Crippen LogP contribution in [-0.2, 0) is 16.0 Å². The number of aliphatic hydroxyl groups excluding tert-OH is 1. The number of amides is 1. The fourth-order valence-corrected chi connectivity index (χ4v) is 3.55. The van der Waals surface area contributed by atoms with Crippen molar-refractivity contribution in [3.05, 3.63) is 88.4 Å². The minimum atomic E-state index is -0.898. The van der Waals surface area contributed by atoms with E-state index in [0.717, 1.165) is 12.0 Å². The standard InChI is InChI=1S/C23H19FN2O4/c1-3-14-4-6-15(7-5-14)20-19(21(27)16-8-10-17(24)11-9-16)22(28)23(29)26(20)18-12-13(2)30-25-18/h4-12,20,27H,3H2,1-2H3/b21-19-. The van der Waals surface area contributed by atoms with Crippen LogP contribution in [-0.4, -0.2) is 22.0 Å². The maximum absolute atomic E-state index is 13.3. The molecule has 1 atom stereocenters. The number of aryl methyl sites for hydroxylation is 2. The van der Waals surface area contributed by atoms with E-state index in [0.29, 0.717) is 11.3 Å². The zero-order chi connectivity index (χ0) is 21.4. The van der Waals surface area contributed by atoms with Crippen molar-refractivity contribution in [2.24, 2.45) is 0 Å². The normalized spacial score (nSPS) is 18.2. The molecule has 30 heavy (non-hydrogen) atoms. The Morgan fingerprint density at radius 3 is 2.37 bits per heavy atom. The van der Waals surface area contributed by atoms with Crippen molar-refractivity contribution in [1.29, 1.82) is 0 Å². The number of ketones is 1. The van der Waals surface area contributed by atoms with Crippen LogP contribution in [0.4, 0.5) is 10.2 Å². The number of hydrogen-bond donors (Lipinski definition) is 1. The maximum atomic E-state index is 13.3. The van der Waals surface area contributed by atoms with Gasteiger partial charge in [-0.2, -0.15) is 0 Å². The molecule has 0 spiro atoms. The smallest absolute Gasteiger partial charge is 0.301 e. The van der Waals surface area contributed by atoms with Gasteiger partial charge in [0.25, 0.3) is 5.78 Å². The van der Waals surface area contributed by atoms with Gasteiger partial charge in [0, 0.05) is 11.6 Å². The average molecular weight is 406 g/mol. The van der Waals surface area contributed by atoms with E-state index in [1.54, 1.807) is 13.0 Å². The van der Waals surface area contributed by atoms with E-state index in [1.165, 1.54) is 29.2 Å². The number of aromatic nitrogens is 1. The van der Waals surface area contributed by atoms with E-state index < -0.39 is 23.5 Å². The average Bonchev–Trinajstić information content (AvgIpc) is 3.29. The van der Waals surface area contributed by atoms with Crippen LogP contribution in [0.2, 0.25) is 0 Å². The van der Waals surface area contributed by atoms with Gasteiger partial charge < -0.3 is 9.63 Å². The van der Waals surface area contributed by atoms with Crippen LogP contribution >= 0.6 is 0 Å². The summed E-state index contributed by atoms with van der Waals surface area (Å²) in [6.45, 7) is 3.70. The van der Waals surface area contributed by atoms with Crippen LogP contribution in [0.3, 0.4) is 0 Å². The lowest BCUT2D eigenvalue weighted by Crippen LogP contribution is -2.29. The van der Waals surface area contributed by atoms with E-state index in [1.807, 2.05) is 31.2 Å². The first kappa shape index (κ1) is 19.6. The van der Waals surface area contributed by atoms with E-state index in [9.17, 15) is 19.1 Å². The van der Waals surface area contributed by atoms with Crippen LogP contribution in [0.5, 0.6) is 0 Å². The van der Waals surface area contributed by atoms with Gasteiger partial charge in [-0.25, -0.2) is 4.39 Å². The third-order valence-electron chi connectivity index (χ3n) is 5.13. The van der Waals surface area contributed by atoms with Gasteiger partial charge in [-0.3, -0.25) is 14.5 Å². The summed E-state index contributed by atoms with van der Waals surface area (Å²) in [6.07, 6.45) is 0.832. The predicted octanol–water partition coefficient (Wildman–Crippen LogP) is 4.31. The Morgan fingerprint density at radius 2 is 1.80 bits per heavy atom. The topological polar surface area (TPSA) is 83.6 Å². The third kappa shape index (κ3) is 3.28. The molecule has 1 unspecified atom stereocenters. The number of benzene rings is 2. The van der Waals surface area contributed by atoms with Crippen LogP contribution in [0.15, 0.2) is 64.7 Å². The molecule has 4 rings (SSSR count). The Labute approximate surface area is 172 Å². The first-order valence-corrected chi connectivity index (χ1v) is 9.49. The van der Waals surface area contributed by atoms with E-state index in [4.69, 9.17) is 4.52 Å². The predicted molar refractivity (Wildman–Crippen MR) is 108 cm³/mol. The Morgan fingerprint density at radius 1 is 1.13 bits per heavy atom. The fourth-order valence-electron chi connectivity index (χ4n) is 3.55. The Kier molecular flexibility index (Phi) is 4.95. The first-order valence-electron chi connectivity index (χ1n) is 9.49. The van der Waals surface area contributed by atoms with Crippen molar-refractivity contribution in [2.45, 2.75) is 26.3 Å². The Balaban J connectivity index is 1.92. The molecule has 6 nitrogen and oxygen atoms in total. The van der Waals surface area contributed by atoms with Crippen LogP contribution in [0.1, 0.15) is 35.4 Å². The minimum absolute atomic E-state index is 0.0866. The maximum Gasteiger partial charge on any atom is 0.301 e. The highest BCUT2D eigenvalue weighted by Crippen LogP contribution is 2.41. The number of carbonyl (C=O) groups is 2. The highest BCUT2D eigenvalue weighted by Gasteiger charge is 2.48. The van der Waals surface area contributed by atoms with E-state index in [-0.39, 0.29) is 22.7 Å². The molecule has 2 heterocycles. The van der Waals surface area contributed by atoms with Crippen LogP contribution < -0.4 is 4.90 Å². The summed E-state index contributed by atoms with van der Waals surface area (Å²) in [6, 6.07) is 13.2. The Hall–Kier alpha value is -3.74. The van der Waals surface area contributed by atoms with Crippen molar-refractivity contribution >= 4 is 23.3 Å². The number of aliphatic hydroxyl groups is 1. The Bertz CT molecular complexity index is 1150. The molecule has 152 valence electrons. The van der Waals surface area contributed by atoms with Gasteiger partial charge in [-0.1, -0.05) is 36.3 Å². The molecule has 0 bridgehead atoms. The van der Waals surface area contributed by atoms with Crippen molar-refractivity contribution in [2.75, 3.05) is 4.90 Å². The molecule has 1 aliphatic heterocycles. The van der Waals surface area contributed by atoms with Crippen LogP contribution in [0.25, 0.3) is 5.76 Å². The molecule has 1 amide bonds. The summed E-state index contributed by atoms with van der Waals surface area (Å²) in [5.74, 6) is -1.86. The van der Waals surface area contributed by atoms with Gasteiger partial charge >= 0.3 is 5.91 Å². The quantitative estimate of drug-likeness (QED) is 0.397. The molecular formula is C23H19FN2O4. The van der Waals surface area contributed by atoms with Crippen LogP contribution in [0, 0.1) is 12.7 Å². The third-order valence-corrected chi connectivity index (χ3v) is 5.13. The molecule has 1 aromatic heterocycles. The minimum Gasteiger partial charge on any atom is -0.507 e. The molecule has 0 saturated carbocycles. The van der Waals surface area contributed by atoms with Crippen molar-refractivity contribution in [1.82, 2.24) is 5.16 Å². The molecule has 1 aliphatic rings. The molecule has 7 heteroatoms. The number of Topliss-reactive ketones (excluding diaryl/α,β-unsaturated/α-hetero) is 1. The van der Waals surface area contributed by atoms with Crippen molar-refractivity contribution < 1.29 is 23.6 Å². The second-order valence-electron chi connectivity index (χ2n) is 7.07. The van der Waals surface area contributed by atoms with E-state index >= 15 is 0 Å². The van der Waals surface area contributed by atoms with Gasteiger partial charge in [0.1, 0.15) is 17.3 Å². The second kappa shape index (κ2) is 7.59. The highest BCUT2D eigenvalue weighted by atomic mass is 19.1. The molecule has 1 saturated heterocycles. The fraction of sp³-hybridized carbons (Fsp3) is 0.174. The monoisotopic (exact) mass is 406 g/mol. The SMILES string of the molecule is CCc1ccc(C2/C(=C(/O)c3ccc(F)cc3)C(=O)C(=O)N2c2cc(C)on2)cc1. The number of carbonyl (C=O) groups excluding carboxylic acids is 2. The number of hydrogen-bond acceptors (Lipinski definition) is 5. The van der Waals surface area contributed by atoms with Gasteiger partial charge in [0.2, 0.25) is 0 Å². The number of halogens is 1. The second-order valence-corrected chi connectivity index (χ2v) is 7.07. The van der Waals surface area contributed by atoms with E-state index in [2.05, 4.69) is 5.16 Å². The summed E-state index contributed by atoms with van der Waals surface area (Å²) < 4.78 is 18.4. The highest BCUT2D eigenvalue weighted by molar-refractivity contribution is 6.51. The zero-order valence-electron chi connectivity index (χ0n) is 16.4. The molecule has 1 N–H and O–H groups in total. The lowest BCUT2D eigenvalue weighted by Gasteiger charge is -2.23. The van der Waals surface area contributed by atoms with Gasteiger partial charge in [0.15, 0.2) is 5.82 Å². The zero-order valence-corrected chi connectivity index (χ0v) is 16.4. The molecule has 0 aliphatic carbocycles. The summed E-state index contributed by atoms with van der Waals surface area (Å²) in [4.78, 5) is 27.1. The molecule has 0 radical (unpaired) electrons. The lowest BCUT2D eigenvalue weighted by molar-refractivity contribution is -0.132. The summed E-state index contributed by atoms with van der Waals surface area (Å²) >= 11 is 0. The molecule has 2 aromatic carbocycles. The summed E-state index contributed by atoms with van der Waals surface area (Å²) in [5, 5.41) is 14.8. The van der Waals surface area contributed by atoms with Gasteiger partial charge in [-0.15, -0.1) is 0 Å². The summed E-state index contributed by atoms with van der Waals surface area (Å²) in [7, 11) is 0.